The number of rotatable bonds is 7. The third-order valence-electron chi connectivity index (χ3n) is 2.59. The van der Waals surface area contributed by atoms with Crippen LogP contribution >= 0.6 is 0 Å². The van der Waals surface area contributed by atoms with E-state index in [1.54, 1.807) is 7.11 Å². The van der Waals surface area contributed by atoms with Crippen LogP contribution in [0.1, 0.15) is 20.3 Å². The Hall–Kier alpha value is -0.120. The number of nitrogens with one attached hydrogen (secondary N) is 1. The lowest BCUT2D eigenvalue weighted by molar-refractivity contribution is -0.0197. The molecular formula is C10H24N2O. The standard InChI is InChI=1S/C10H24N2O/c1-6-10(2,13-5)9-12(4)8-7-11-3/h11H,6-9H2,1-5H3. The molecule has 0 saturated carbocycles. The number of ether oxygens (including phenoxy) is 1. The smallest absolute Gasteiger partial charge is 0.0774 e. The highest BCUT2D eigenvalue weighted by molar-refractivity contribution is 4.76. The Morgan fingerprint density at radius 1 is 1.46 bits per heavy atom. The summed E-state index contributed by atoms with van der Waals surface area (Å²) in [5.41, 5.74) is 0.00247. The molecular weight excluding hydrogens is 164 g/mol. The second-order valence-corrected chi connectivity index (χ2v) is 3.85. The van der Waals surface area contributed by atoms with Gasteiger partial charge in [-0.25, -0.2) is 0 Å². The minimum Gasteiger partial charge on any atom is -0.377 e. The summed E-state index contributed by atoms with van der Waals surface area (Å²) in [7, 11) is 5.89. The Kier molecular flexibility index (Phi) is 6.29. The summed E-state index contributed by atoms with van der Waals surface area (Å²) in [6.07, 6.45) is 1.05. The maximum Gasteiger partial charge on any atom is 0.0774 e. The van der Waals surface area contributed by atoms with Crippen LogP contribution in [0.25, 0.3) is 0 Å². The predicted octanol–water partition coefficient (Wildman–Crippen LogP) is 0.953. The van der Waals surface area contributed by atoms with Crippen LogP contribution in [0.5, 0.6) is 0 Å². The molecule has 0 saturated heterocycles. The Morgan fingerprint density at radius 3 is 2.46 bits per heavy atom. The molecule has 80 valence electrons. The zero-order valence-electron chi connectivity index (χ0n) is 9.68. The van der Waals surface area contributed by atoms with E-state index in [2.05, 4.69) is 31.1 Å². The number of nitrogens with zero attached hydrogens (tertiary/aromatic N) is 1. The molecule has 0 spiro atoms. The largest absolute Gasteiger partial charge is 0.377 e. The van der Waals surface area contributed by atoms with Crippen LogP contribution < -0.4 is 5.32 Å². The van der Waals surface area contributed by atoms with E-state index in [0.29, 0.717) is 0 Å². The van der Waals surface area contributed by atoms with Gasteiger partial charge in [0.2, 0.25) is 0 Å². The quantitative estimate of drug-likeness (QED) is 0.644. The molecule has 3 nitrogen and oxygen atoms in total. The van der Waals surface area contributed by atoms with Gasteiger partial charge in [-0.15, -0.1) is 0 Å². The van der Waals surface area contributed by atoms with Crippen molar-refractivity contribution in [1.29, 1.82) is 0 Å². The summed E-state index contributed by atoms with van der Waals surface area (Å²) < 4.78 is 5.48. The number of hydrogen-bond donors (Lipinski definition) is 1. The number of hydrogen-bond acceptors (Lipinski definition) is 3. The van der Waals surface area contributed by atoms with Gasteiger partial charge in [-0.2, -0.15) is 0 Å². The van der Waals surface area contributed by atoms with Crippen LogP contribution in [0, 0.1) is 0 Å². The van der Waals surface area contributed by atoms with E-state index in [0.717, 1.165) is 26.1 Å². The van der Waals surface area contributed by atoms with E-state index in [1.807, 2.05) is 7.05 Å². The first kappa shape index (κ1) is 12.9. The van der Waals surface area contributed by atoms with Crippen LogP contribution in [0.3, 0.4) is 0 Å². The van der Waals surface area contributed by atoms with E-state index in [-0.39, 0.29) is 5.60 Å². The maximum absolute atomic E-state index is 5.48. The first-order chi connectivity index (χ1) is 6.08. The van der Waals surface area contributed by atoms with Crippen molar-refractivity contribution in [2.45, 2.75) is 25.9 Å². The topological polar surface area (TPSA) is 24.5 Å². The van der Waals surface area contributed by atoms with Gasteiger partial charge >= 0.3 is 0 Å². The highest BCUT2D eigenvalue weighted by Gasteiger charge is 2.22. The van der Waals surface area contributed by atoms with Crippen LogP contribution in [0.4, 0.5) is 0 Å². The first-order valence-electron chi connectivity index (χ1n) is 4.96. The van der Waals surface area contributed by atoms with E-state index >= 15 is 0 Å². The SMILES string of the molecule is CCC(C)(CN(C)CCNC)OC. The molecule has 0 aromatic carbocycles. The summed E-state index contributed by atoms with van der Waals surface area (Å²) >= 11 is 0. The molecule has 0 fully saturated rings. The van der Waals surface area contributed by atoms with Crippen molar-refractivity contribution in [1.82, 2.24) is 10.2 Å². The van der Waals surface area contributed by atoms with Crippen LogP contribution in [-0.4, -0.2) is 51.3 Å². The summed E-state index contributed by atoms with van der Waals surface area (Å²) in [5, 5.41) is 3.14. The minimum absolute atomic E-state index is 0.00247. The predicted molar refractivity (Wildman–Crippen MR) is 57.1 cm³/mol. The molecule has 0 heterocycles. The van der Waals surface area contributed by atoms with Crippen molar-refractivity contribution in [2.75, 3.05) is 40.8 Å². The van der Waals surface area contributed by atoms with Gasteiger partial charge in [0.05, 0.1) is 5.60 Å². The lowest BCUT2D eigenvalue weighted by atomic mass is 10.0. The van der Waals surface area contributed by atoms with Gasteiger partial charge in [0.25, 0.3) is 0 Å². The van der Waals surface area contributed by atoms with Crippen molar-refractivity contribution in [3.63, 3.8) is 0 Å². The molecule has 0 aliphatic heterocycles. The third-order valence-corrected chi connectivity index (χ3v) is 2.59. The van der Waals surface area contributed by atoms with Crippen molar-refractivity contribution in [3.05, 3.63) is 0 Å². The number of likely N-dealkylation sites (N-methyl/N-ethyl adjacent to an activating group) is 2. The van der Waals surface area contributed by atoms with E-state index in [1.165, 1.54) is 0 Å². The average molecular weight is 188 g/mol. The highest BCUT2D eigenvalue weighted by atomic mass is 16.5. The molecule has 0 aromatic rings. The molecule has 0 amide bonds. The third kappa shape index (κ3) is 5.24. The molecule has 1 N–H and O–H groups in total. The van der Waals surface area contributed by atoms with E-state index in [9.17, 15) is 0 Å². The van der Waals surface area contributed by atoms with Gasteiger partial charge in [-0.3, -0.25) is 0 Å². The fourth-order valence-electron chi connectivity index (χ4n) is 1.27. The fourth-order valence-corrected chi connectivity index (χ4v) is 1.27. The monoisotopic (exact) mass is 188 g/mol. The molecule has 3 heteroatoms. The zero-order valence-corrected chi connectivity index (χ0v) is 9.68. The Bertz CT molecular complexity index is 124. The second kappa shape index (κ2) is 6.35. The molecule has 13 heavy (non-hydrogen) atoms. The normalized spacial score (nSPS) is 16.2. The maximum atomic E-state index is 5.48. The molecule has 0 radical (unpaired) electrons. The summed E-state index contributed by atoms with van der Waals surface area (Å²) in [6.45, 7) is 7.40. The lowest BCUT2D eigenvalue weighted by Gasteiger charge is -2.31. The van der Waals surface area contributed by atoms with E-state index < -0.39 is 0 Å². The van der Waals surface area contributed by atoms with Gasteiger partial charge in [0, 0.05) is 26.7 Å². The Morgan fingerprint density at radius 2 is 2.08 bits per heavy atom. The molecule has 0 aromatic heterocycles. The molecule has 0 bridgehead atoms. The van der Waals surface area contributed by atoms with Gasteiger partial charge in [0.15, 0.2) is 0 Å². The van der Waals surface area contributed by atoms with Gasteiger partial charge in [-0.05, 0) is 27.4 Å². The van der Waals surface area contributed by atoms with Crippen molar-refractivity contribution >= 4 is 0 Å². The zero-order chi connectivity index (χ0) is 10.3. The summed E-state index contributed by atoms with van der Waals surface area (Å²) in [6, 6.07) is 0. The minimum atomic E-state index is 0.00247. The molecule has 0 rings (SSSR count). The van der Waals surface area contributed by atoms with Gasteiger partial charge < -0.3 is 15.0 Å². The Labute approximate surface area is 82.4 Å². The average Bonchev–Trinajstić information content (AvgIpc) is 2.14. The van der Waals surface area contributed by atoms with Crippen molar-refractivity contribution in [2.24, 2.45) is 0 Å². The highest BCUT2D eigenvalue weighted by Crippen LogP contribution is 2.14. The Balaban J connectivity index is 3.79. The van der Waals surface area contributed by atoms with Crippen LogP contribution in [-0.2, 0) is 4.74 Å². The van der Waals surface area contributed by atoms with E-state index in [4.69, 9.17) is 4.74 Å². The first-order valence-corrected chi connectivity index (χ1v) is 4.96. The van der Waals surface area contributed by atoms with Gasteiger partial charge in [-0.1, -0.05) is 6.92 Å². The lowest BCUT2D eigenvalue weighted by Crippen LogP contribution is -2.42. The van der Waals surface area contributed by atoms with Crippen LogP contribution in [0.2, 0.25) is 0 Å². The molecule has 0 aliphatic rings. The van der Waals surface area contributed by atoms with Crippen molar-refractivity contribution < 1.29 is 4.74 Å². The molecule has 1 unspecified atom stereocenters. The van der Waals surface area contributed by atoms with Gasteiger partial charge in [0.1, 0.15) is 0 Å². The fraction of sp³-hybridized carbons (Fsp3) is 1.00. The van der Waals surface area contributed by atoms with Crippen molar-refractivity contribution in [3.8, 4) is 0 Å². The second-order valence-electron chi connectivity index (χ2n) is 3.85. The molecule has 0 aliphatic carbocycles. The summed E-state index contributed by atoms with van der Waals surface area (Å²) in [4.78, 5) is 2.30. The summed E-state index contributed by atoms with van der Waals surface area (Å²) in [5.74, 6) is 0. The number of methoxy groups -OCH3 is 1. The van der Waals surface area contributed by atoms with Crippen LogP contribution in [0.15, 0.2) is 0 Å². The molecule has 1 atom stereocenters.